The number of benzene rings is 2. The summed E-state index contributed by atoms with van der Waals surface area (Å²) in [6.45, 7) is 0. The molecule has 0 unspecified atom stereocenters. The first-order valence-electron chi connectivity index (χ1n) is 9.01. The van der Waals surface area contributed by atoms with E-state index in [9.17, 15) is 14.3 Å². The van der Waals surface area contributed by atoms with Gasteiger partial charge in [-0.25, -0.2) is 9.18 Å². The molecule has 2 aromatic carbocycles. The van der Waals surface area contributed by atoms with E-state index in [1.807, 2.05) is 18.2 Å². The minimum absolute atomic E-state index is 0.0499. The summed E-state index contributed by atoms with van der Waals surface area (Å²) >= 11 is 0. The molecule has 0 aromatic heterocycles. The van der Waals surface area contributed by atoms with Crippen LogP contribution >= 0.6 is 0 Å². The van der Waals surface area contributed by atoms with Crippen LogP contribution in [0.15, 0.2) is 42.5 Å². The Morgan fingerprint density at radius 1 is 1.08 bits per heavy atom. The first-order valence-corrected chi connectivity index (χ1v) is 9.01. The highest BCUT2D eigenvalue weighted by Crippen LogP contribution is 2.63. The number of rotatable bonds is 2. The van der Waals surface area contributed by atoms with Gasteiger partial charge >= 0.3 is 5.97 Å². The Bertz CT molecular complexity index is 847. The normalized spacial score (nSPS) is 32.0. The Morgan fingerprint density at radius 2 is 1.84 bits per heavy atom. The van der Waals surface area contributed by atoms with Crippen LogP contribution in [0.25, 0.3) is 0 Å². The monoisotopic (exact) mass is 337 g/mol. The molecule has 2 bridgehead atoms. The van der Waals surface area contributed by atoms with Gasteiger partial charge in [0.1, 0.15) is 5.82 Å². The van der Waals surface area contributed by atoms with E-state index in [-0.39, 0.29) is 11.9 Å². The van der Waals surface area contributed by atoms with Crippen molar-refractivity contribution in [3.8, 4) is 0 Å². The van der Waals surface area contributed by atoms with Crippen LogP contribution in [0.5, 0.6) is 0 Å². The van der Waals surface area contributed by atoms with Gasteiger partial charge in [0.25, 0.3) is 0 Å². The summed E-state index contributed by atoms with van der Waals surface area (Å²) < 4.78 is 13.4. The molecule has 5 rings (SSSR count). The fourth-order valence-corrected chi connectivity index (χ4v) is 5.69. The lowest BCUT2D eigenvalue weighted by Crippen LogP contribution is -2.36. The summed E-state index contributed by atoms with van der Waals surface area (Å²) in [4.78, 5) is 11.7. The Balaban J connectivity index is 1.67. The average molecular weight is 337 g/mol. The lowest BCUT2D eigenvalue weighted by Gasteiger charge is -2.44. The third-order valence-corrected chi connectivity index (χ3v) is 6.58. The van der Waals surface area contributed by atoms with E-state index >= 15 is 0 Å². The van der Waals surface area contributed by atoms with Gasteiger partial charge in [-0.3, -0.25) is 0 Å². The van der Waals surface area contributed by atoms with Crippen LogP contribution in [0.3, 0.4) is 0 Å². The summed E-state index contributed by atoms with van der Waals surface area (Å²) in [5.41, 5.74) is 3.31. The number of fused-ring (bicyclic) bond motifs is 7. The zero-order valence-electron chi connectivity index (χ0n) is 13.8. The van der Waals surface area contributed by atoms with E-state index in [4.69, 9.17) is 0 Å². The second kappa shape index (κ2) is 5.32. The number of nitrogens with one attached hydrogen (secondary N) is 1. The first-order chi connectivity index (χ1) is 12.1. The van der Waals surface area contributed by atoms with Gasteiger partial charge in [-0.15, -0.1) is 0 Å². The van der Waals surface area contributed by atoms with Crippen LogP contribution < -0.4 is 5.32 Å². The molecule has 2 fully saturated rings. The first kappa shape index (κ1) is 14.9. The topological polar surface area (TPSA) is 49.3 Å². The quantitative estimate of drug-likeness (QED) is 0.826. The molecule has 0 saturated heterocycles. The van der Waals surface area contributed by atoms with Crippen LogP contribution in [0, 0.1) is 23.6 Å². The van der Waals surface area contributed by atoms with E-state index in [2.05, 4.69) is 11.4 Å². The van der Waals surface area contributed by atoms with Gasteiger partial charge in [0, 0.05) is 0 Å². The molecule has 2 aromatic rings. The maximum atomic E-state index is 13.4. The summed E-state index contributed by atoms with van der Waals surface area (Å²) in [6.07, 6.45) is 3.71. The van der Waals surface area contributed by atoms with Crippen molar-refractivity contribution in [2.75, 3.05) is 5.32 Å². The number of halogens is 1. The van der Waals surface area contributed by atoms with Crippen LogP contribution in [0.2, 0.25) is 0 Å². The number of carboxylic acids is 1. The summed E-state index contributed by atoms with van der Waals surface area (Å²) in [5, 5.41) is 13.2. The fraction of sp³-hybridized carbons (Fsp3) is 0.381. The minimum atomic E-state index is -0.899. The molecule has 0 amide bonds. The van der Waals surface area contributed by atoms with Gasteiger partial charge in [-0.2, -0.15) is 0 Å². The van der Waals surface area contributed by atoms with Gasteiger partial charge < -0.3 is 10.4 Å². The number of carboxylic acid groups (broad SMARTS) is 1. The highest BCUT2D eigenvalue weighted by atomic mass is 19.1. The van der Waals surface area contributed by atoms with Gasteiger partial charge in [0.05, 0.1) is 17.3 Å². The molecule has 0 spiro atoms. The summed E-state index contributed by atoms with van der Waals surface area (Å²) in [7, 11) is 0. The molecule has 4 heteroatoms. The van der Waals surface area contributed by atoms with Crippen LogP contribution in [-0.4, -0.2) is 11.1 Å². The number of aromatic carboxylic acids is 1. The molecule has 2 aliphatic carbocycles. The molecule has 1 heterocycles. The van der Waals surface area contributed by atoms with Gasteiger partial charge in [0.15, 0.2) is 0 Å². The van der Waals surface area contributed by atoms with Crippen molar-refractivity contribution < 1.29 is 14.3 Å². The van der Waals surface area contributed by atoms with Crippen LogP contribution in [0.1, 0.15) is 52.7 Å². The molecule has 2 saturated carbocycles. The molecular formula is C21H20FNO2. The number of hydrogen-bond donors (Lipinski definition) is 2. The van der Waals surface area contributed by atoms with Crippen LogP contribution in [0.4, 0.5) is 10.1 Å². The molecule has 5 atom stereocenters. The zero-order valence-corrected chi connectivity index (χ0v) is 13.8. The van der Waals surface area contributed by atoms with E-state index < -0.39 is 5.97 Å². The van der Waals surface area contributed by atoms with E-state index in [1.165, 1.54) is 31.4 Å². The van der Waals surface area contributed by atoms with Crippen molar-refractivity contribution in [1.29, 1.82) is 0 Å². The minimum Gasteiger partial charge on any atom is -0.478 e. The van der Waals surface area contributed by atoms with Crippen LogP contribution in [-0.2, 0) is 0 Å². The Hall–Kier alpha value is -2.36. The number of anilines is 1. The van der Waals surface area contributed by atoms with Gasteiger partial charge in [0.2, 0.25) is 0 Å². The molecule has 128 valence electrons. The van der Waals surface area contributed by atoms with Crippen molar-refractivity contribution in [2.45, 2.75) is 31.2 Å². The standard InChI is InChI=1S/C21H20FNO2/c22-14-8-6-11(7-9-14)19-18-13-5-4-12(10-13)17(18)15-2-1-3-16(21(24)25)20(15)23-19/h1-3,6-9,12-13,17-19,23H,4-5,10H2,(H,24,25)/t12-,13-,17-,18-,19-/m1/s1. The molecule has 3 aliphatic rings. The Labute approximate surface area is 145 Å². The molecule has 0 radical (unpaired) electrons. The maximum absolute atomic E-state index is 13.4. The Morgan fingerprint density at radius 3 is 2.60 bits per heavy atom. The average Bonchev–Trinajstić information content (AvgIpc) is 3.23. The lowest BCUT2D eigenvalue weighted by atomic mass is 9.67. The lowest BCUT2D eigenvalue weighted by molar-refractivity contribution is 0.0697. The van der Waals surface area contributed by atoms with Crippen molar-refractivity contribution in [1.82, 2.24) is 0 Å². The molecule has 2 N–H and O–H groups in total. The maximum Gasteiger partial charge on any atom is 0.337 e. The van der Waals surface area contributed by atoms with Crippen molar-refractivity contribution >= 4 is 11.7 Å². The number of carbonyl (C=O) groups is 1. The number of para-hydroxylation sites is 1. The third kappa shape index (κ3) is 2.13. The van der Waals surface area contributed by atoms with E-state index in [1.54, 1.807) is 6.07 Å². The van der Waals surface area contributed by atoms with Gasteiger partial charge in [-0.05, 0) is 72.3 Å². The van der Waals surface area contributed by atoms with E-state index in [0.717, 1.165) is 16.8 Å². The smallest absolute Gasteiger partial charge is 0.337 e. The second-order valence-electron chi connectivity index (χ2n) is 7.68. The second-order valence-corrected chi connectivity index (χ2v) is 7.68. The summed E-state index contributed by atoms with van der Waals surface area (Å²) in [5.74, 6) is 1.03. The predicted octanol–water partition coefficient (Wildman–Crippen LogP) is 4.82. The Kier molecular flexibility index (Phi) is 3.18. The van der Waals surface area contributed by atoms with Crippen molar-refractivity contribution in [3.05, 3.63) is 65.0 Å². The summed E-state index contributed by atoms with van der Waals surface area (Å²) in [6, 6.07) is 12.3. The SMILES string of the molecule is O=C(O)c1cccc2c1N[C@H](c1ccc(F)cc1)[C@@H]1[C@@H]3CC[C@H](C3)[C@H]21. The predicted molar refractivity (Wildman–Crippen MR) is 93.2 cm³/mol. The molecule has 1 aliphatic heterocycles. The van der Waals surface area contributed by atoms with Gasteiger partial charge in [-0.1, -0.05) is 24.3 Å². The zero-order chi connectivity index (χ0) is 17.1. The van der Waals surface area contributed by atoms with Crippen molar-refractivity contribution in [3.63, 3.8) is 0 Å². The molecule has 25 heavy (non-hydrogen) atoms. The number of hydrogen-bond acceptors (Lipinski definition) is 2. The van der Waals surface area contributed by atoms with Crippen molar-refractivity contribution in [2.24, 2.45) is 17.8 Å². The van der Waals surface area contributed by atoms with E-state index in [0.29, 0.717) is 29.2 Å². The molecular weight excluding hydrogens is 317 g/mol. The molecule has 3 nitrogen and oxygen atoms in total. The highest BCUT2D eigenvalue weighted by molar-refractivity contribution is 5.95. The fourth-order valence-electron chi connectivity index (χ4n) is 5.69. The largest absolute Gasteiger partial charge is 0.478 e. The highest BCUT2D eigenvalue weighted by Gasteiger charge is 2.54. The third-order valence-electron chi connectivity index (χ3n) is 6.58.